The molecule has 1 heterocycles. The van der Waals surface area contributed by atoms with E-state index in [1.54, 1.807) is 14.0 Å². The fourth-order valence-corrected chi connectivity index (χ4v) is 2.98. The van der Waals surface area contributed by atoms with Crippen LogP contribution in [-0.4, -0.2) is 36.5 Å². The minimum atomic E-state index is -1.22. The fraction of sp³-hybridized carbons (Fsp3) is 0.438. The fourth-order valence-electron chi connectivity index (χ4n) is 2.98. The van der Waals surface area contributed by atoms with Gasteiger partial charge in [0.1, 0.15) is 11.5 Å². The zero-order valence-electron chi connectivity index (χ0n) is 12.4. The van der Waals surface area contributed by atoms with E-state index in [2.05, 4.69) is 6.07 Å². The van der Waals surface area contributed by atoms with E-state index in [0.29, 0.717) is 0 Å². The maximum atomic E-state index is 12.3. The number of ether oxygens (including phenoxy) is 1. The van der Waals surface area contributed by atoms with E-state index in [0.717, 1.165) is 5.56 Å². The van der Waals surface area contributed by atoms with E-state index in [9.17, 15) is 14.9 Å². The van der Waals surface area contributed by atoms with E-state index < -0.39 is 17.4 Å². The number of benzene rings is 1. The Labute approximate surface area is 124 Å². The Morgan fingerprint density at radius 1 is 1.43 bits per heavy atom. The van der Waals surface area contributed by atoms with E-state index in [1.165, 1.54) is 12.0 Å². The normalized spacial score (nSPS) is 28.9. The molecule has 0 aliphatic carbocycles. The molecular weight excluding hydrogens is 268 g/mol. The van der Waals surface area contributed by atoms with Crippen LogP contribution in [0.2, 0.25) is 0 Å². The minimum Gasteiger partial charge on any atom is -0.469 e. The van der Waals surface area contributed by atoms with Gasteiger partial charge in [0.25, 0.3) is 0 Å². The summed E-state index contributed by atoms with van der Waals surface area (Å²) in [5.74, 6) is -1.68. The number of hydrogen-bond donors (Lipinski definition) is 0. The van der Waals surface area contributed by atoms with Crippen molar-refractivity contribution in [3.63, 3.8) is 0 Å². The Balaban J connectivity index is 2.55. The maximum absolute atomic E-state index is 12.3. The maximum Gasteiger partial charge on any atom is 0.312 e. The van der Waals surface area contributed by atoms with Crippen LogP contribution < -0.4 is 0 Å². The van der Waals surface area contributed by atoms with Crippen LogP contribution in [0.4, 0.5) is 0 Å². The monoisotopic (exact) mass is 286 g/mol. The number of likely N-dealkylation sites (tertiary alicyclic amines) is 1. The molecule has 0 radical (unpaired) electrons. The number of nitrogens with zero attached hydrogens (tertiary/aromatic N) is 2. The molecule has 1 saturated heterocycles. The molecule has 1 fully saturated rings. The molecule has 3 atom stereocenters. The van der Waals surface area contributed by atoms with Gasteiger partial charge in [-0.1, -0.05) is 30.3 Å². The van der Waals surface area contributed by atoms with Crippen molar-refractivity contribution in [2.24, 2.45) is 5.92 Å². The lowest BCUT2D eigenvalue weighted by molar-refractivity contribution is -0.158. The molecule has 110 valence electrons. The van der Waals surface area contributed by atoms with E-state index in [-0.39, 0.29) is 18.2 Å². The number of piperidine rings is 1. The Hall–Kier alpha value is -2.35. The molecule has 1 aromatic rings. The Morgan fingerprint density at radius 3 is 2.57 bits per heavy atom. The summed E-state index contributed by atoms with van der Waals surface area (Å²) in [6.45, 7) is 1.61. The van der Waals surface area contributed by atoms with Gasteiger partial charge in [-0.25, -0.2) is 0 Å². The Kier molecular flexibility index (Phi) is 3.99. The molecule has 1 aliphatic heterocycles. The first kappa shape index (κ1) is 15.0. The molecule has 2 rings (SSSR count). The lowest BCUT2D eigenvalue weighted by atomic mass is 9.69. The van der Waals surface area contributed by atoms with Gasteiger partial charge in [0, 0.05) is 19.4 Å². The van der Waals surface area contributed by atoms with E-state index >= 15 is 0 Å². The number of methoxy groups -OCH3 is 1. The molecule has 0 N–H and O–H groups in total. The molecule has 0 unspecified atom stereocenters. The third-order valence-corrected chi connectivity index (χ3v) is 4.38. The van der Waals surface area contributed by atoms with Crippen LogP contribution in [0.1, 0.15) is 24.8 Å². The van der Waals surface area contributed by atoms with Crippen LogP contribution >= 0.6 is 0 Å². The van der Waals surface area contributed by atoms with E-state index in [4.69, 9.17) is 4.74 Å². The van der Waals surface area contributed by atoms with Gasteiger partial charge < -0.3 is 9.64 Å². The lowest BCUT2D eigenvalue weighted by Crippen LogP contribution is -2.60. The predicted molar refractivity (Wildman–Crippen MR) is 76.1 cm³/mol. The van der Waals surface area contributed by atoms with Gasteiger partial charge in [-0.15, -0.1) is 0 Å². The summed E-state index contributed by atoms with van der Waals surface area (Å²) in [4.78, 5) is 25.9. The van der Waals surface area contributed by atoms with Crippen LogP contribution in [0, 0.1) is 17.2 Å². The van der Waals surface area contributed by atoms with Gasteiger partial charge in [-0.3, -0.25) is 9.59 Å². The Bertz CT molecular complexity index is 593. The molecule has 21 heavy (non-hydrogen) atoms. The van der Waals surface area contributed by atoms with Crippen LogP contribution in [-0.2, 0) is 14.3 Å². The zero-order chi connectivity index (χ0) is 15.6. The molecule has 1 aromatic carbocycles. The highest BCUT2D eigenvalue weighted by molar-refractivity contribution is 5.85. The van der Waals surface area contributed by atoms with Crippen molar-refractivity contribution in [1.82, 2.24) is 4.90 Å². The van der Waals surface area contributed by atoms with Crippen LogP contribution in [0.5, 0.6) is 0 Å². The molecule has 0 bridgehead atoms. The van der Waals surface area contributed by atoms with Crippen molar-refractivity contribution in [3.8, 4) is 6.07 Å². The second-order valence-electron chi connectivity index (χ2n) is 5.43. The lowest BCUT2D eigenvalue weighted by Gasteiger charge is -2.46. The van der Waals surface area contributed by atoms with Gasteiger partial charge in [-0.05, 0) is 12.5 Å². The summed E-state index contributed by atoms with van der Waals surface area (Å²) in [6, 6.07) is 11.5. The smallest absolute Gasteiger partial charge is 0.312 e. The van der Waals surface area contributed by atoms with Crippen molar-refractivity contribution in [2.75, 3.05) is 14.2 Å². The van der Waals surface area contributed by atoms with Crippen molar-refractivity contribution in [2.45, 2.75) is 24.8 Å². The highest BCUT2D eigenvalue weighted by atomic mass is 16.5. The third kappa shape index (κ3) is 2.38. The molecule has 0 aromatic heterocycles. The van der Waals surface area contributed by atoms with Crippen LogP contribution in [0.25, 0.3) is 0 Å². The first-order chi connectivity index (χ1) is 9.95. The molecular formula is C16H18N2O3. The third-order valence-electron chi connectivity index (χ3n) is 4.38. The van der Waals surface area contributed by atoms with Gasteiger partial charge >= 0.3 is 5.97 Å². The van der Waals surface area contributed by atoms with Crippen LogP contribution in [0.3, 0.4) is 0 Å². The van der Waals surface area contributed by atoms with Crippen molar-refractivity contribution in [3.05, 3.63) is 35.9 Å². The quantitative estimate of drug-likeness (QED) is 0.776. The SMILES string of the molecule is COC(=O)[C@@H]1[C@H](c2ccccc2)CC(=O)N(C)[C@]1(C)C#N. The highest BCUT2D eigenvalue weighted by Gasteiger charge is 2.54. The van der Waals surface area contributed by atoms with Crippen molar-refractivity contribution < 1.29 is 14.3 Å². The second kappa shape index (κ2) is 5.57. The van der Waals surface area contributed by atoms with Crippen molar-refractivity contribution >= 4 is 11.9 Å². The van der Waals surface area contributed by atoms with Gasteiger partial charge in [0.15, 0.2) is 0 Å². The number of rotatable bonds is 2. The summed E-state index contributed by atoms with van der Waals surface area (Å²) in [5.41, 5.74) is -0.348. The predicted octanol–water partition coefficient (Wildman–Crippen LogP) is 1.70. The number of carbonyl (C=O) groups excluding carboxylic acids is 2. The Morgan fingerprint density at radius 2 is 2.05 bits per heavy atom. The standard InChI is InChI=1S/C16H18N2O3/c1-16(10-17)14(15(20)21-3)12(9-13(19)18(16)2)11-7-5-4-6-8-11/h4-8,12,14H,9H2,1-3H3/t12-,14-,16+/m0/s1. The first-order valence-corrected chi connectivity index (χ1v) is 6.76. The highest BCUT2D eigenvalue weighted by Crippen LogP contribution is 2.43. The largest absolute Gasteiger partial charge is 0.469 e. The summed E-state index contributed by atoms with van der Waals surface area (Å²) >= 11 is 0. The van der Waals surface area contributed by atoms with Gasteiger partial charge in [0.2, 0.25) is 5.91 Å². The summed E-state index contributed by atoms with van der Waals surface area (Å²) < 4.78 is 4.89. The average Bonchev–Trinajstić information content (AvgIpc) is 2.52. The molecule has 1 amide bonds. The molecule has 5 nitrogen and oxygen atoms in total. The van der Waals surface area contributed by atoms with Crippen molar-refractivity contribution in [1.29, 1.82) is 5.26 Å². The zero-order valence-corrected chi connectivity index (χ0v) is 12.4. The average molecular weight is 286 g/mol. The molecule has 1 aliphatic rings. The summed E-state index contributed by atoms with van der Waals surface area (Å²) in [6.07, 6.45) is 0.192. The van der Waals surface area contributed by atoms with Gasteiger partial charge in [-0.2, -0.15) is 5.26 Å². The van der Waals surface area contributed by atoms with Crippen LogP contribution in [0.15, 0.2) is 30.3 Å². The second-order valence-corrected chi connectivity index (χ2v) is 5.43. The molecule has 0 saturated carbocycles. The summed E-state index contributed by atoms with van der Waals surface area (Å²) in [5, 5.41) is 9.57. The minimum absolute atomic E-state index is 0.145. The first-order valence-electron chi connectivity index (χ1n) is 6.76. The molecule has 0 spiro atoms. The number of carbonyl (C=O) groups is 2. The summed E-state index contributed by atoms with van der Waals surface area (Å²) in [7, 11) is 2.86. The van der Waals surface area contributed by atoms with E-state index in [1.807, 2.05) is 30.3 Å². The van der Waals surface area contributed by atoms with Gasteiger partial charge in [0.05, 0.1) is 13.2 Å². The number of esters is 1. The number of hydrogen-bond acceptors (Lipinski definition) is 4. The topological polar surface area (TPSA) is 70.4 Å². The number of nitriles is 1. The number of amides is 1. The molecule has 5 heteroatoms.